The third-order valence-corrected chi connectivity index (χ3v) is 5.46. The first kappa shape index (κ1) is 36.5. The van der Waals surface area contributed by atoms with Gasteiger partial charge in [0.2, 0.25) is 0 Å². The van der Waals surface area contributed by atoms with Crippen molar-refractivity contribution in [3.8, 4) is 0 Å². The monoisotopic (exact) mass is 505 g/mol. The Labute approximate surface area is 215 Å². The van der Waals surface area contributed by atoms with Gasteiger partial charge in [-0.1, -0.05) is 129 Å². The SMILES string of the molecule is CCCCCCCCCCCC=CC(=O)[O-].CCCCCCCCCCCC=CC(=O)[O-].[Mn+2]. The van der Waals surface area contributed by atoms with E-state index >= 15 is 0 Å². The normalized spacial score (nSPS) is 10.7. The first-order valence-electron chi connectivity index (χ1n) is 13.3. The number of hydrogen-bond donors (Lipinski definition) is 0. The molecule has 0 heterocycles. The fourth-order valence-corrected chi connectivity index (χ4v) is 3.50. The molecule has 4 nitrogen and oxygen atoms in total. The first-order chi connectivity index (χ1) is 15.5. The Kier molecular flexibility index (Phi) is 36.6. The van der Waals surface area contributed by atoms with Crippen LogP contribution in [0.3, 0.4) is 0 Å². The van der Waals surface area contributed by atoms with Gasteiger partial charge in [-0.15, -0.1) is 0 Å². The molecule has 0 aliphatic heterocycles. The second kappa shape index (κ2) is 33.1. The minimum absolute atomic E-state index is 0. The fourth-order valence-electron chi connectivity index (χ4n) is 3.50. The van der Waals surface area contributed by atoms with Gasteiger partial charge in [0.05, 0.1) is 11.9 Å². The van der Waals surface area contributed by atoms with Gasteiger partial charge >= 0.3 is 17.1 Å². The van der Waals surface area contributed by atoms with Gasteiger partial charge in [0.25, 0.3) is 0 Å². The van der Waals surface area contributed by atoms with Crippen LogP contribution in [0.2, 0.25) is 0 Å². The minimum atomic E-state index is -1.09. The third kappa shape index (κ3) is 41.7. The van der Waals surface area contributed by atoms with E-state index in [4.69, 9.17) is 0 Å². The van der Waals surface area contributed by atoms with Gasteiger partial charge < -0.3 is 19.8 Å². The van der Waals surface area contributed by atoms with Crippen LogP contribution < -0.4 is 10.2 Å². The summed E-state index contributed by atoms with van der Waals surface area (Å²) >= 11 is 0. The standard InChI is InChI=1S/2C14H26O2.Mn/c2*1-2-3-4-5-6-7-8-9-10-11-12-13-14(15)16;/h2*12-13H,2-11H2,1H3,(H,15,16);/q;;+2/p-2. The summed E-state index contributed by atoms with van der Waals surface area (Å²) in [5.41, 5.74) is 0. The third-order valence-electron chi connectivity index (χ3n) is 5.46. The summed E-state index contributed by atoms with van der Waals surface area (Å²) in [6.45, 7) is 4.47. The van der Waals surface area contributed by atoms with Gasteiger partial charge in [0, 0.05) is 0 Å². The predicted octanol–water partition coefficient (Wildman–Crippen LogP) is 6.42. The van der Waals surface area contributed by atoms with E-state index in [1.54, 1.807) is 12.2 Å². The van der Waals surface area contributed by atoms with Crippen LogP contribution in [0, 0.1) is 0 Å². The molecule has 0 fully saturated rings. The van der Waals surface area contributed by atoms with Gasteiger partial charge in [-0.05, 0) is 37.8 Å². The molecule has 5 heteroatoms. The van der Waals surface area contributed by atoms with E-state index in [9.17, 15) is 19.8 Å². The van der Waals surface area contributed by atoms with Gasteiger partial charge in [0.1, 0.15) is 0 Å². The van der Waals surface area contributed by atoms with Crippen molar-refractivity contribution < 1.29 is 36.9 Å². The van der Waals surface area contributed by atoms with Crippen LogP contribution >= 0.6 is 0 Å². The molecule has 1 radical (unpaired) electrons. The summed E-state index contributed by atoms with van der Waals surface area (Å²) < 4.78 is 0. The molecule has 193 valence electrons. The van der Waals surface area contributed by atoms with Crippen molar-refractivity contribution in [2.45, 2.75) is 142 Å². The minimum Gasteiger partial charge on any atom is -0.545 e. The van der Waals surface area contributed by atoms with Crippen molar-refractivity contribution in [1.29, 1.82) is 0 Å². The number of carbonyl (C=O) groups excluding carboxylic acids is 2. The Morgan fingerprint density at radius 1 is 0.485 bits per heavy atom. The number of hydrogen-bond acceptors (Lipinski definition) is 4. The molecule has 0 spiro atoms. The second-order valence-electron chi connectivity index (χ2n) is 8.68. The molecular weight excluding hydrogens is 455 g/mol. The summed E-state index contributed by atoms with van der Waals surface area (Å²) in [6, 6.07) is 0. The van der Waals surface area contributed by atoms with Gasteiger partial charge in [-0.3, -0.25) is 0 Å². The zero-order chi connectivity index (χ0) is 24.1. The van der Waals surface area contributed by atoms with Gasteiger partial charge in [-0.2, -0.15) is 0 Å². The maximum absolute atomic E-state index is 10.1. The van der Waals surface area contributed by atoms with E-state index in [0.29, 0.717) is 0 Å². The molecule has 0 amide bonds. The molecule has 0 aliphatic carbocycles. The summed E-state index contributed by atoms with van der Waals surface area (Å²) in [5, 5.41) is 20.1. The summed E-state index contributed by atoms with van der Waals surface area (Å²) in [6.07, 6.45) is 30.8. The van der Waals surface area contributed by atoms with E-state index in [1.165, 1.54) is 103 Å². The van der Waals surface area contributed by atoms with E-state index in [0.717, 1.165) is 37.8 Å². The number of rotatable bonds is 22. The molecule has 0 atom stereocenters. The van der Waals surface area contributed by atoms with Crippen molar-refractivity contribution in [2.75, 3.05) is 0 Å². The molecule has 0 aromatic heterocycles. The summed E-state index contributed by atoms with van der Waals surface area (Å²) in [4.78, 5) is 20.1. The van der Waals surface area contributed by atoms with E-state index in [2.05, 4.69) is 13.8 Å². The zero-order valence-electron chi connectivity index (χ0n) is 21.5. The molecule has 0 aromatic rings. The van der Waals surface area contributed by atoms with Gasteiger partial charge in [-0.25, -0.2) is 0 Å². The molecular formula is C28H50MnO4. The topological polar surface area (TPSA) is 80.3 Å². The van der Waals surface area contributed by atoms with Gasteiger partial charge in [0.15, 0.2) is 0 Å². The molecule has 0 unspecified atom stereocenters. The maximum atomic E-state index is 10.1. The van der Waals surface area contributed by atoms with Crippen LogP contribution in [0.15, 0.2) is 24.3 Å². The number of carboxylic acid groups (broad SMARTS) is 2. The Bertz CT molecular complexity index is 419. The molecule has 0 aromatic carbocycles. The molecule has 0 saturated heterocycles. The smallest absolute Gasteiger partial charge is 0.545 e. The van der Waals surface area contributed by atoms with Crippen molar-refractivity contribution in [3.05, 3.63) is 24.3 Å². The predicted molar refractivity (Wildman–Crippen MR) is 132 cm³/mol. The van der Waals surface area contributed by atoms with E-state index in [1.807, 2.05) is 0 Å². The van der Waals surface area contributed by atoms with Crippen molar-refractivity contribution in [2.24, 2.45) is 0 Å². The zero-order valence-corrected chi connectivity index (χ0v) is 22.6. The first-order valence-corrected chi connectivity index (χ1v) is 13.3. The maximum Gasteiger partial charge on any atom is 2.00 e. The quantitative estimate of drug-likeness (QED) is 0.0965. The molecule has 0 N–H and O–H groups in total. The molecule has 0 saturated carbocycles. The van der Waals surface area contributed by atoms with E-state index < -0.39 is 11.9 Å². The van der Waals surface area contributed by atoms with E-state index in [-0.39, 0.29) is 17.1 Å². The molecule has 0 rings (SSSR count). The van der Waals surface area contributed by atoms with Crippen LogP contribution in [0.4, 0.5) is 0 Å². The Hall–Kier alpha value is -1.06. The average Bonchev–Trinajstić information content (AvgIpc) is 2.76. The molecule has 33 heavy (non-hydrogen) atoms. The number of allylic oxidation sites excluding steroid dienone is 2. The average molecular weight is 506 g/mol. The summed E-state index contributed by atoms with van der Waals surface area (Å²) in [5.74, 6) is -2.17. The van der Waals surface area contributed by atoms with Crippen molar-refractivity contribution in [1.82, 2.24) is 0 Å². The Balaban J connectivity index is -0.000000529. The number of carboxylic acids is 2. The molecule has 0 aliphatic rings. The second-order valence-corrected chi connectivity index (χ2v) is 8.68. The van der Waals surface area contributed by atoms with Crippen LogP contribution in [-0.4, -0.2) is 11.9 Å². The summed E-state index contributed by atoms with van der Waals surface area (Å²) in [7, 11) is 0. The number of aliphatic carboxylic acids is 2. The fraction of sp³-hybridized carbons (Fsp3) is 0.786. The largest absolute Gasteiger partial charge is 2.00 e. The number of unbranched alkanes of at least 4 members (excludes halogenated alkanes) is 18. The Morgan fingerprint density at radius 3 is 0.970 bits per heavy atom. The molecule has 0 bridgehead atoms. The van der Waals surface area contributed by atoms with Crippen molar-refractivity contribution in [3.63, 3.8) is 0 Å². The number of carbonyl (C=O) groups is 2. The Morgan fingerprint density at radius 2 is 0.727 bits per heavy atom. The van der Waals surface area contributed by atoms with Crippen LogP contribution in [-0.2, 0) is 26.7 Å². The van der Waals surface area contributed by atoms with Crippen LogP contribution in [0.5, 0.6) is 0 Å². The van der Waals surface area contributed by atoms with Crippen molar-refractivity contribution >= 4 is 11.9 Å². The van der Waals surface area contributed by atoms with Crippen LogP contribution in [0.25, 0.3) is 0 Å². The van der Waals surface area contributed by atoms with Crippen LogP contribution in [0.1, 0.15) is 142 Å².